The molecule has 2 aromatic carbocycles. The van der Waals surface area contributed by atoms with E-state index < -0.39 is 0 Å². The van der Waals surface area contributed by atoms with Gasteiger partial charge in [-0.05, 0) is 29.8 Å². The summed E-state index contributed by atoms with van der Waals surface area (Å²) in [5.74, 6) is 0.775. The van der Waals surface area contributed by atoms with Crippen LogP contribution in [0.1, 0.15) is 5.56 Å². The second-order valence-corrected chi connectivity index (χ2v) is 4.86. The van der Waals surface area contributed by atoms with Crippen LogP contribution in [-0.4, -0.2) is 22.4 Å². The molecule has 4 heteroatoms. The molecule has 0 bridgehead atoms. The van der Waals surface area contributed by atoms with Crippen molar-refractivity contribution in [2.24, 2.45) is 0 Å². The molecule has 0 aliphatic heterocycles. The van der Waals surface area contributed by atoms with Crippen molar-refractivity contribution in [3.05, 3.63) is 66.2 Å². The van der Waals surface area contributed by atoms with Crippen molar-refractivity contribution in [1.29, 1.82) is 0 Å². The highest BCUT2D eigenvalue weighted by atomic mass is 16.5. The fourth-order valence-electron chi connectivity index (χ4n) is 2.27. The lowest BCUT2D eigenvalue weighted by Crippen LogP contribution is -1.93. The molecule has 0 aliphatic carbocycles. The van der Waals surface area contributed by atoms with Gasteiger partial charge in [0.05, 0.1) is 25.1 Å². The van der Waals surface area contributed by atoms with Crippen LogP contribution in [0, 0.1) is 0 Å². The lowest BCUT2D eigenvalue weighted by atomic mass is 10.1. The van der Waals surface area contributed by atoms with E-state index in [1.807, 2.05) is 60.7 Å². The molecule has 4 nitrogen and oxygen atoms in total. The van der Waals surface area contributed by atoms with Gasteiger partial charge in [-0.1, -0.05) is 36.4 Å². The Morgan fingerprint density at radius 1 is 0.864 bits per heavy atom. The van der Waals surface area contributed by atoms with Crippen molar-refractivity contribution in [2.45, 2.75) is 6.61 Å². The Bertz CT molecular complexity index is 753. The number of para-hydroxylation sites is 1. The van der Waals surface area contributed by atoms with Crippen molar-refractivity contribution in [2.75, 3.05) is 7.11 Å². The average Bonchev–Trinajstić information content (AvgIpc) is 2.62. The topological polar surface area (TPSA) is 55.2 Å². The van der Waals surface area contributed by atoms with E-state index in [0.717, 1.165) is 33.8 Å². The van der Waals surface area contributed by atoms with Gasteiger partial charge in [0.15, 0.2) is 0 Å². The molecule has 0 fully saturated rings. The van der Waals surface area contributed by atoms with Crippen LogP contribution in [0.3, 0.4) is 0 Å². The van der Waals surface area contributed by atoms with E-state index in [0.29, 0.717) is 0 Å². The highest BCUT2D eigenvalue weighted by Crippen LogP contribution is 2.28. The minimum Gasteiger partial charge on any atom is -0.496 e. The Morgan fingerprint density at radius 3 is 2.18 bits per heavy atom. The fourth-order valence-corrected chi connectivity index (χ4v) is 2.27. The Kier molecular flexibility index (Phi) is 4.12. The molecule has 1 N–H and O–H groups in total. The summed E-state index contributed by atoms with van der Waals surface area (Å²) in [4.78, 5) is 0. The molecule has 22 heavy (non-hydrogen) atoms. The van der Waals surface area contributed by atoms with Gasteiger partial charge in [0.25, 0.3) is 0 Å². The van der Waals surface area contributed by atoms with Gasteiger partial charge in [-0.25, -0.2) is 0 Å². The van der Waals surface area contributed by atoms with Crippen LogP contribution in [-0.2, 0) is 6.61 Å². The minimum atomic E-state index is 0.0404. The van der Waals surface area contributed by atoms with Crippen LogP contribution in [0.25, 0.3) is 22.5 Å². The van der Waals surface area contributed by atoms with Gasteiger partial charge in [0.2, 0.25) is 0 Å². The standard InChI is InChI=1S/C18H16N2O2/c1-22-18-5-3-2-4-15(18)17-11-10-16(19-20-17)14-8-6-13(12-21)7-9-14/h2-11,21H,12H2,1H3. The number of hydrogen-bond acceptors (Lipinski definition) is 4. The number of methoxy groups -OCH3 is 1. The Hall–Kier alpha value is -2.72. The largest absolute Gasteiger partial charge is 0.496 e. The van der Waals surface area contributed by atoms with Crippen LogP contribution in [0.15, 0.2) is 60.7 Å². The summed E-state index contributed by atoms with van der Waals surface area (Å²) < 4.78 is 5.35. The van der Waals surface area contributed by atoms with Crippen molar-refractivity contribution < 1.29 is 9.84 Å². The third-order valence-corrected chi connectivity index (χ3v) is 3.48. The average molecular weight is 292 g/mol. The first-order valence-corrected chi connectivity index (χ1v) is 6.99. The zero-order chi connectivity index (χ0) is 15.4. The summed E-state index contributed by atoms with van der Waals surface area (Å²) in [5.41, 5.74) is 4.33. The molecule has 3 rings (SSSR count). The molecular formula is C18H16N2O2. The highest BCUT2D eigenvalue weighted by Gasteiger charge is 2.07. The second kappa shape index (κ2) is 6.37. The lowest BCUT2D eigenvalue weighted by Gasteiger charge is -2.07. The van der Waals surface area contributed by atoms with E-state index in [-0.39, 0.29) is 6.61 Å². The quantitative estimate of drug-likeness (QED) is 0.801. The van der Waals surface area contributed by atoms with Crippen molar-refractivity contribution in [3.8, 4) is 28.3 Å². The molecular weight excluding hydrogens is 276 g/mol. The zero-order valence-electron chi connectivity index (χ0n) is 12.2. The lowest BCUT2D eigenvalue weighted by molar-refractivity contribution is 0.282. The predicted octanol–water partition coefficient (Wildman–Crippen LogP) is 3.31. The summed E-state index contributed by atoms with van der Waals surface area (Å²) >= 11 is 0. The van der Waals surface area contributed by atoms with Crippen molar-refractivity contribution in [1.82, 2.24) is 10.2 Å². The number of ether oxygens (including phenoxy) is 1. The number of aliphatic hydroxyl groups is 1. The van der Waals surface area contributed by atoms with E-state index in [1.165, 1.54) is 0 Å². The molecule has 1 heterocycles. The van der Waals surface area contributed by atoms with Crippen LogP contribution in [0.2, 0.25) is 0 Å². The highest BCUT2D eigenvalue weighted by molar-refractivity contribution is 5.68. The number of benzene rings is 2. The van der Waals surface area contributed by atoms with Gasteiger partial charge in [0.1, 0.15) is 5.75 Å². The number of aliphatic hydroxyl groups excluding tert-OH is 1. The third-order valence-electron chi connectivity index (χ3n) is 3.48. The van der Waals surface area contributed by atoms with Crippen LogP contribution < -0.4 is 4.74 Å². The molecule has 3 aromatic rings. The van der Waals surface area contributed by atoms with Gasteiger partial charge >= 0.3 is 0 Å². The molecule has 110 valence electrons. The van der Waals surface area contributed by atoms with E-state index in [4.69, 9.17) is 9.84 Å². The smallest absolute Gasteiger partial charge is 0.128 e. The van der Waals surface area contributed by atoms with Gasteiger partial charge in [0, 0.05) is 11.1 Å². The Balaban J connectivity index is 1.92. The first-order valence-electron chi connectivity index (χ1n) is 6.99. The molecule has 0 amide bonds. The summed E-state index contributed by atoms with van der Waals surface area (Å²) in [5, 5.41) is 17.7. The van der Waals surface area contributed by atoms with Gasteiger partial charge in [-0.2, -0.15) is 0 Å². The Morgan fingerprint density at radius 2 is 1.55 bits per heavy atom. The molecule has 0 spiro atoms. The van der Waals surface area contributed by atoms with Crippen LogP contribution in [0.5, 0.6) is 5.75 Å². The number of nitrogens with zero attached hydrogens (tertiary/aromatic N) is 2. The zero-order valence-corrected chi connectivity index (χ0v) is 12.2. The van der Waals surface area contributed by atoms with Crippen molar-refractivity contribution in [3.63, 3.8) is 0 Å². The summed E-state index contributed by atoms with van der Waals surface area (Å²) in [7, 11) is 1.64. The van der Waals surface area contributed by atoms with E-state index in [1.54, 1.807) is 7.11 Å². The van der Waals surface area contributed by atoms with Gasteiger partial charge < -0.3 is 9.84 Å². The van der Waals surface area contributed by atoms with Gasteiger partial charge in [-0.15, -0.1) is 10.2 Å². The summed E-state index contributed by atoms with van der Waals surface area (Å²) in [6.45, 7) is 0.0404. The van der Waals surface area contributed by atoms with Crippen LogP contribution >= 0.6 is 0 Å². The molecule has 1 aromatic heterocycles. The molecule has 0 saturated carbocycles. The summed E-state index contributed by atoms with van der Waals surface area (Å²) in [6.07, 6.45) is 0. The van der Waals surface area contributed by atoms with E-state index in [9.17, 15) is 0 Å². The number of rotatable bonds is 4. The first kappa shape index (κ1) is 14.2. The molecule has 0 unspecified atom stereocenters. The minimum absolute atomic E-state index is 0.0404. The van der Waals surface area contributed by atoms with E-state index in [2.05, 4.69) is 10.2 Å². The monoisotopic (exact) mass is 292 g/mol. The maximum Gasteiger partial charge on any atom is 0.128 e. The van der Waals surface area contributed by atoms with Crippen molar-refractivity contribution >= 4 is 0 Å². The maximum atomic E-state index is 9.07. The predicted molar refractivity (Wildman–Crippen MR) is 85.4 cm³/mol. The third kappa shape index (κ3) is 2.82. The molecule has 0 atom stereocenters. The van der Waals surface area contributed by atoms with Crippen LogP contribution in [0.4, 0.5) is 0 Å². The second-order valence-electron chi connectivity index (χ2n) is 4.86. The molecule has 0 saturated heterocycles. The maximum absolute atomic E-state index is 9.07. The fraction of sp³-hybridized carbons (Fsp3) is 0.111. The SMILES string of the molecule is COc1ccccc1-c1ccc(-c2ccc(CO)cc2)nn1. The van der Waals surface area contributed by atoms with Gasteiger partial charge in [-0.3, -0.25) is 0 Å². The normalized spacial score (nSPS) is 10.5. The number of hydrogen-bond donors (Lipinski definition) is 1. The molecule has 0 radical (unpaired) electrons. The van der Waals surface area contributed by atoms with E-state index >= 15 is 0 Å². The Labute approximate surface area is 129 Å². The first-order chi connectivity index (χ1) is 10.8. The summed E-state index contributed by atoms with van der Waals surface area (Å²) in [6, 6.07) is 19.2. The number of aromatic nitrogens is 2. The molecule has 0 aliphatic rings.